The summed E-state index contributed by atoms with van der Waals surface area (Å²) in [5.41, 5.74) is 0. The van der Waals surface area contributed by atoms with E-state index in [9.17, 15) is 38.4 Å². The summed E-state index contributed by atoms with van der Waals surface area (Å²) < 4.78 is 50.7. The number of aliphatic carboxylic acids is 1. The second-order valence-corrected chi connectivity index (χ2v) is 7.41. The fraction of sp³-hybridized carbons (Fsp3) is 0.714. The van der Waals surface area contributed by atoms with Crippen molar-refractivity contribution in [2.45, 2.75) is 56.1 Å². The van der Waals surface area contributed by atoms with Crippen molar-refractivity contribution in [1.82, 2.24) is 5.32 Å². The van der Waals surface area contributed by atoms with Crippen molar-refractivity contribution < 1.29 is 66.5 Å². The third-order valence-corrected chi connectivity index (χ3v) is 4.61. The van der Waals surface area contributed by atoms with Gasteiger partial charge in [-0.2, -0.15) is 8.42 Å². The van der Waals surface area contributed by atoms with Crippen LogP contribution >= 0.6 is 0 Å². The molecule has 0 aromatic carbocycles. The van der Waals surface area contributed by atoms with Gasteiger partial charge in [0.05, 0.1) is 6.61 Å². The highest BCUT2D eigenvalue weighted by molar-refractivity contribution is 7.80. The van der Waals surface area contributed by atoms with Gasteiger partial charge in [-0.05, 0) is 6.08 Å². The van der Waals surface area contributed by atoms with Crippen LogP contribution in [-0.4, -0.2) is 106 Å². The summed E-state index contributed by atoms with van der Waals surface area (Å²) in [4.78, 5) is 22.5. The zero-order chi connectivity index (χ0) is 22.8. The predicted octanol–water partition coefficient (Wildman–Crippen LogP) is -4.18. The van der Waals surface area contributed by atoms with Gasteiger partial charge < -0.3 is 45.1 Å². The van der Waals surface area contributed by atoms with E-state index in [2.05, 4.69) is 9.50 Å². The monoisotopic (exact) mass is 459 g/mol. The second-order valence-electron chi connectivity index (χ2n) is 6.37. The zero-order valence-electron chi connectivity index (χ0n) is 15.3. The van der Waals surface area contributed by atoms with Crippen molar-refractivity contribution in [2.75, 3.05) is 6.61 Å². The molecule has 0 radical (unpaired) electrons. The van der Waals surface area contributed by atoms with E-state index in [-0.39, 0.29) is 0 Å². The van der Waals surface area contributed by atoms with Crippen molar-refractivity contribution in [3.05, 3.63) is 11.8 Å². The van der Waals surface area contributed by atoms with E-state index >= 15 is 0 Å². The number of nitrogens with one attached hydrogen (secondary N) is 1. The maximum Gasteiger partial charge on any atom is 0.397 e. The van der Waals surface area contributed by atoms with Crippen LogP contribution in [-0.2, 0) is 38.4 Å². The molecule has 1 unspecified atom stereocenters. The lowest BCUT2D eigenvalue weighted by Crippen LogP contribution is -2.66. The Balaban J connectivity index is 2.33. The molecule has 1 fully saturated rings. The topological polar surface area (TPSA) is 239 Å². The van der Waals surface area contributed by atoms with Gasteiger partial charge in [-0.1, -0.05) is 0 Å². The Morgan fingerprint density at radius 1 is 1.23 bits per heavy atom. The van der Waals surface area contributed by atoms with Crippen LogP contribution in [0.4, 0.5) is 0 Å². The summed E-state index contributed by atoms with van der Waals surface area (Å²) in [5.74, 6) is -3.21. The van der Waals surface area contributed by atoms with Crippen LogP contribution in [0.5, 0.6) is 0 Å². The molecule has 0 aliphatic carbocycles. The molecule has 8 atom stereocenters. The molecular formula is C14H21NO14S. The van der Waals surface area contributed by atoms with Gasteiger partial charge in [-0.15, -0.1) is 0 Å². The minimum absolute atomic E-state index is 0.583. The molecule has 0 aromatic heterocycles. The van der Waals surface area contributed by atoms with E-state index in [0.717, 1.165) is 6.92 Å². The van der Waals surface area contributed by atoms with Gasteiger partial charge in [-0.3, -0.25) is 9.35 Å². The number of hydrogen-bond acceptors (Lipinski definition) is 12. The van der Waals surface area contributed by atoms with Crippen LogP contribution < -0.4 is 5.32 Å². The van der Waals surface area contributed by atoms with Gasteiger partial charge in [0, 0.05) is 6.92 Å². The molecular weight excluding hydrogens is 438 g/mol. The Bertz CT molecular complexity index is 784. The van der Waals surface area contributed by atoms with E-state index in [4.69, 9.17) is 23.9 Å². The number of carboxylic acid groups (broad SMARTS) is 1. The lowest BCUT2D eigenvalue weighted by atomic mass is 9.96. The van der Waals surface area contributed by atoms with Crippen LogP contribution in [0.1, 0.15) is 6.92 Å². The maximum atomic E-state index is 11.3. The number of hydrogen-bond donors (Lipinski definition) is 7. The Morgan fingerprint density at radius 2 is 1.87 bits per heavy atom. The molecule has 1 amide bonds. The number of carbonyl (C=O) groups excluding carboxylic acids is 1. The van der Waals surface area contributed by atoms with E-state index in [0.29, 0.717) is 6.08 Å². The van der Waals surface area contributed by atoms with E-state index < -0.39 is 83.8 Å². The van der Waals surface area contributed by atoms with Crippen molar-refractivity contribution >= 4 is 22.3 Å². The first kappa shape index (κ1) is 24.4. The summed E-state index contributed by atoms with van der Waals surface area (Å²) >= 11 is 0. The van der Waals surface area contributed by atoms with Crippen molar-refractivity contribution in [3.63, 3.8) is 0 Å². The Labute approximate surface area is 169 Å². The average Bonchev–Trinajstić information content (AvgIpc) is 2.61. The summed E-state index contributed by atoms with van der Waals surface area (Å²) in [6.07, 6.45) is -12.1. The van der Waals surface area contributed by atoms with E-state index in [1.54, 1.807) is 0 Å². The predicted molar refractivity (Wildman–Crippen MR) is 89.5 cm³/mol. The molecule has 1 saturated heterocycles. The molecule has 2 aliphatic rings. The highest BCUT2D eigenvalue weighted by Gasteiger charge is 2.50. The number of ether oxygens (including phenoxy) is 3. The number of carbonyl (C=O) groups is 2. The minimum Gasteiger partial charge on any atom is -0.475 e. The molecule has 2 rings (SSSR count). The summed E-state index contributed by atoms with van der Waals surface area (Å²) in [6.45, 7) is 0.236. The van der Waals surface area contributed by atoms with Crippen molar-refractivity contribution in [1.29, 1.82) is 0 Å². The van der Waals surface area contributed by atoms with Crippen LogP contribution in [0.25, 0.3) is 0 Å². The lowest BCUT2D eigenvalue weighted by Gasteiger charge is -2.44. The standard InChI is InChI=1S/C14H21NO14S/c1-4(17)15-8-9(19)11(7(3-16)26-13(8)22)28-14-10(29-30(23,24)25)5(18)2-6(27-14)12(20)21/h2,5,7-11,13-14,16,18-19,22H,3H2,1H3,(H,15,17)(H,20,21)(H,23,24,25)/t5-,7+,8+,9+,10+,11+,13?,14-/m0/s1. The SMILES string of the molecule is CC(=O)N[C@H]1C(O)O[C@H](CO)[C@@H](O[C@@H]2OC(C(=O)O)=C[C@H](O)[C@H]2OS(=O)(=O)O)[C@@H]1O. The molecule has 0 aromatic rings. The number of rotatable bonds is 7. The van der Waals surface area contributed by atoms with Crippen LogP contribution in [0, 0.1) is 0 Å². The van der Waals surface area contributed by atoms with Crippen LogP contribution in [0.15, 0.2) is 11.8 Å². The van der Waals surface area contributed by atoms with E-state index in [1.807, 2.05) is 0 Å². The molecule has 16 heteroatoms. The number of aliphatic hydroxyl groups excluding tert-OH is 4. The molecule has 30 heavy (non-hydrogen) atoms. The largest absolute Gasteiger partial charge is 0.475 e. The average molecular weight is 459 g/mol. The fourth-order valence-electron chi connectivity index (χ4n) is 2.91. The molecule has 7 N–H and O–H groups in total. The minimum atomic E-state index is -5.17. The first-order valence-corrected chi connectivity index (χ1v) is 9.71. The van der Waals surface area contributed by atoms with Gasteiger partial charge >= 0.3 is 16.4 Å². The number of carboxylic acids is 1. The van der Waals surface area contributed by atoms with Crippen molar-refractivity contribution in [3.8, 4) is 0 Å². The Hall–Kier alpha value is -1.89. The maximum absolute atomic E-state index is 11.3. The fourth-order valence-corrected chi connectivity index (χ4v) is 3.39. The van der Waals surface area contributed by atoms with Gasteiger partial charge in [0.25, 0.3) is 0 Å². The Morgan fingerprint density at radius 3 is 2.37 bits per heavy atom. The number of aliphatic hydroxyl groups is 4. The van der Waals surface area contributed by atoms with Gasteiger partial charge in [-0.25, -0.2) is 8.98 Å². The first-order valence-electron chi connectivity index (χ1n) is 8.34. The number of amides is 1. The van der Waals surface area contributed by atoms with Crippen molar-refractivity contribution in [2.24, 2.45) is 0 Å². The summed E-state index contributed by atoms with van der Waals surface area (Å²) in [7, 11) is -5.17. The van der Waals surface area contributed by atoms with Gasteiger partial charge in [0.2, 0.25) is 18.0 Å². The third-order valence-electron chi connectivity index (χ3n) is 4.15. The highest BCUT2D eigenvalue weighted by atomic mass is 32.3. The second kappa shape index (κ2) is 9.50. The normalized spacial score (nSPS) is 37.1. The van der Waals surface area contributed by atoms with E-state index in [1.165, 1.54) is 0 Å². The molecule has 172 valence electrons. The molecule has 0 bridgehead atoms. The van der Waals surface area contributed by atoms with Gasteiger partial charge in [0.1, 0.15) is 30.5 Å². The molecule has 15 nitrogen and oxygen atoms in total. The van der Waals surface area contributed by atoms with Crippen LogP contribution in [0.3, 0.4) is 0 Å². The molecule has 0 spiro atoms. The lowest BCUT2D eigenvalue weighted by molar-refractivity contribution is -0.304. The van der Waals surface area contributed by atoms with Crippen LogP contribution in [0.2, 0.25) is 0 Å². The molecule has 0 saturated carbocycles. The highest BCUT2D eigenvalue weighted by Crippen LogP contribution is 2.29. The first-order chi connectivity index (χ1) is 13.8. The zero-order valence-corrected chi connectivity index (χ0v) is 16.1. The molecule has 2 heterocycles. The summed E-state index contributed by atoms with van der Waals surface area (Å²) in [5, 5.41) is 51.1. The summed E-state index contributed by atoms with van der Waals surface area (Å²) in [6, 6.07) is -1.46. The molecule has 2 aliphatic heterocycles. The third kappa shape index (κ3) is 5.84. The van der Waals surface area contributed by atoms with Gasteiger partial charge in [0.15, 0.2) is 12.4 Å². The smallest absolute Gasteiger partial charge is 0.397 e. The Kier molecular flexibility index (Phi) is 7.72. The quantitative estimate of drug-likeness (QED) is 0.179.